The number of amides is 1. The summed E-state index contributed by atoms with van der Waals surface area (Å²) < 4.78 is 0.990. The molecule has 0 bridgehead atoms. The van der Waals surface area contributed by atoms with Crippen molar-refractivity contribution >= 4 is 27.5 Å². The Labute approximate surface area is 121 Å². The summed E-state index contributed by atoms with van der Waals surface area (Å²) in [6, 6.07) is 13.1. The normalized spacial score (nSPS) is 10.2. The molecule has 1 amide bonds. The van der Waals surface area contributed by atoms with E-state index < -0.39 is 0 Å². The summed E-state index contributed by atoms with van der Waals surface area (Å²) in [5, 5.41) is 2.89. The van der Waals surface area contributed by atoms with E-state index in [2.05, 4.69) is 21.2 Å². The predicted octanol–water partition coefficient (Wildman–Crippen LogP) is 3.27. The molecule has 3 N–H and O–H groups in total. The molecule has 0 aromatic heterocycles. The van der Waals surface area contributed by atoms with Crippen LogP contribution < -0.4 is 11.1 Å². The largest absolute Gasteiger partial charge is 0.399 e. The fraction of sp³-hybridized carbons (Fsp3) is 0.133. The van der Waals surface area contributed by atoms with E-state index in [1.165, 1.54) is 0 Å². The van der Waals surface area contributed by atoms with Crippen LogP contribution in [0.4, 0.5) is 5.69 Å². The molecule has 2 rings (SSSR count). The maximum atomic E-state index is 12.0. The SMILES string of the molecule is Cc1cc(C(=O)NCc2ccccc2Br)ccc1N. The van der Waals surface area contributed by atoms with Gasteiger partial charge in [-0.1, -0.05) is 34.1 Å². The maximum absolute atomic E-state index is 12.0. The zero-order chi connectivity index (χ0) is 13.8. The zero-order valence-corrected chi connectivity index (χ0v) is 12.2. The Bertz CT molecular complexity index is 611. The Hall–Kier alpha value is -1.81. The Morgan fingerprint density at radius 1 is 1.26 bits per heavy atom. The second-order valence-corrected chi connectivity index (χ2v) is 5.20. The summed E-state index contributed by atoms with van der Waals surface area (Å²) in [5.41, 5.74) is 9.01. The molecule has 0 fully saturated rings. The Morgan fingerprint density at radius 2 is 2.00 bits per heavy atom. The molecule has 0 aliphatic heterocycles. The molecule has 98 valence electrons. The number of carbonyl (C=O) groups excluding carboxylic acids is 1. The average Bonchev–Trinajstić information content (AvgIpc) is 2.40. The molecule has 0 unspecified atom stereocenters. The van der Waals surface area contributed by atoms with Crippen molar-refractivity contribution in [1.82, 2.24) is 5.32 Å². The number of hydrogen-bond acceptors (Lipinski definition) is 2. The van der Waals surface area contributed by atoms with Crippen molar-refractivity contribution < 1.29 is 4.79 Å². The van der Waals surface area contributed by atoms with Crippen molar-refractivity contribution in [2.45, 2.75) is 13.5 Å². The van der Waals surface area contributed by atoms with Gasteiger partial charge in [-0.2, -0.15) is 0 Å². The average molecular weight is 319 g/mol. The number of anilines is 1. The molecule has 0 heterocycles. The van der Waals surface area contributed by atoms with Crippen molar-refractivity contribution in [2.75, 3.05) is 5.73 Å². The first-order chi connectivity index (χ1) is 9.08. The van der Waals surface area contributed by atoms with Crippen LogP contribution in [0.2, 0.25) is 0 Å². The molecular formula is C15H15BrN2O. The van der Waals surface area contributed by atoms with Crippen molar-refractivity contribution in [3.63, 3.8) is 0 Å². The van der Waals surface area contributed by atoms with E-state index in [0.717, 1.165) is 15.6 Å². The van der Waals surface area contributed by atoms with Crippen LogP contribution >= 0.6 is 15.9 Å². The zero-order valence-electron chi connectivity index (χ0n) is 10.6. The summed E-state index contributed by atoms with van der Waals surface area (Å²) in [6.45, 7) is 2.38. The minimum atomic E-state index is -0.0983. The van der Waals surface area contributed by atoms with Crippen molar-refractivity contribution in [2.24, 2.45) is 0 Å². The van der Waals surface area contributed by atoms with Crippen molar-refractivity contribution in [3.05, 3.63) is 63.6 Å². The van der Waals surface area contributed by atoms with Gasteiger partial charge in [-0.3, -0.25) is 4.79 Å². The van der Waals surface area contributed by atoms with Crippen molar-refractivity contribution in [1.29, 1.82) is 0 Å². The van der Waals surface area contributed by atoms with Gasteiger partial charge in [0.05, 0.1) is 0 Å². The smallest absolute Gasteiger partial charge is 0.251 e. The van der Waals surface area contributed by atoms with Gasteiger partial charge in [0.25, 0.3) is 5.91 Å². The summed E-state index contributed by atoms with van der Waals surface area (Å²) >= 11 is 3.46. The molecule has 19 heavy (non-hydrogen) atoms. The third-order valence-electron chi connectivity index (χ3n) is 2.93. The second kappa shape index (κ2) is 5.89. The number of halogens is 1. The first kappa shape index (κ1) is 13.6. The molecule has 3 nitrogen and oxygen atoms in total. The molecule has 4 heteroatoms. The third-order valence-corrected chi connectivity index (χ3v) is 3.70. The lowest BCUT2D eigenvalue weighted by Crippen LogP contribution is -2.23. The number of nitrogens with one attached hydrogen (secondary N) is 1. The van der Waals surface area contributed by atoms with Gasteiger partial charge < -0.3 is 11.1 Å². The Kier molecular flexibility index (Phi) is 4.22. The van der Waals surface area contributed by atoms with Gasteiger partial charge in [0.1, 0.15) is 0 Å². The van der Waals surface area contributed by atoms with Gasteiger partial charge in [0.15, 0.2) is 0 Å². The number of nitrogen functional groups attached to an aromatic ring is 1. The highest BCUT2D eigenvalue weighted by Crippen LogP contribution is 2.16. The molecule has 2 aromatic carbocycles. The summed E-state index contributed by atoms with van der Waals surface area (Å²) in [5.74, 6) is -0.0983. The lowest BCUT2D eigenvalue weighted by Gasteiger charge is -2.08. The second-order valence-electron chi connectivity index (χ2n) is 4.35. The highest BCUT2D eigenvalue weighted by Gasteiger charge is 2.07. The van der Waals surface area contributed by atoms with E-state index in [1.54, 1.807) is 18.2 Å². The molecule has 0 radical (unpaired) electrons. The molecule has 0 saturated carbocycles. The first-order valence-corrected chi connectivity index (χ1v) is 6.75. The topological polar surface area (TPSA) is 55.1 Å². The van der Waals surface area contributed by atoms with Gasteiger partial charge in [0, 0.05) is 22.3 Å². The molecule has 0 aliphatic rings. The number of benzene rings is 2. The van der Waals surface area contributed by atoms with Crippen LogP contribution in [-0.2, 0) is 6.54 Å². The van der Waals surface area contributed by atoms with Crippen LogP contribution in [0.15, 0.2) is 46.9 Å². The quantitative estimate of drug-likeness (QED) is 0.853. The van der Waals surface area contributed by atoms with Gasteiger partial charge in [0.2, 0.25) is 0 Å². The molecule has 0 atom stereocenters. The van der Waals surface area contributed by atoms with Crippen LogP contribution in [0.1, 0.15) is 21.5 Å². The van der Waals surface area contributed by atoms with Crippen molar-refractivity contribution in [3.8, 4) is 0 Å². The van der Waals surface area contributed by atoms with E-state index in [9.17, 15) is 4.79 Å². The van der Waals surface area contributed by atoms with Gasteiger partial charge in [-0.25, -0.2) is 0 Å². The molecule has 0 spiro atoms. The van der Waals surface area contributed by atoms with E-state index in [-0.39, 0.29) is 5.91 Å². The fourth-order valence-corrected chi connectivity index (χ4v) is 2.16. The third kappa shape index (κ3) is 3.35. The van der Waals surface area contributed by atoms with Gasteiger partial charge in [-0.05, 0) is 42.3 Å². The number of nitrogens with two attached hydrogens (primary N) is 1. The monoisotopic (exact) mass is 318 g/mol. The minimum Gasteiger partial charge on any atom is -0.399 e. The summed E-state index contributed by atoms with van der Waals surface area (Å²) in [6.07, 6.45) is 0. The van der Waals surface area contributed by atoms with E-state index in [1.807, 2.05) is 31.2 Å². The standard InChI is InChI=1S/C15H15BrN2O/c1-10-8-11(6-7-14(10)17)15(19)18-9-12-4-2-3-5-13(12)16/h2-8H,9,17H2,1H3,(H,18,19). The minimum absolute atomic E-state index is 0.0983. The number of carbonyl (C=O) groups is 1. The van der Waals surface area contributed by atoms with Gasteiger partial charge >= 0.3 is 0 Å². The van der Waals surface area contributed by atoms with Crippen LogP contribution in [0.5, 0.6) is 0 Å². The molecular weight excluding hydrogens is 304 g/mol. The number of rotatable bonds is 3. The number of aryl methyl sites for hydroxylation is 1. The van der Waals surface area contributed by atoms with Crippen LogP contribution in [0, 0.1) is 6.92 Å². The molecule has 0 aliphatic carbocycles. The Morgan fingerprint density at radius 3 is 2.68 bits per heavy atom. The Balaban J connectivity index is 2.05. The highest BCUT2D eigenvalue weighted by molar-refractivity contribution is 9.10. The van der Waals surface area contributed by atoms with E-state index >= 15 is 0 Å². The van der Waals surface area contributed by atoms with E-state index in [0.29, 0.717) is 17.8 Å². The van der Waals surface area contributed by atoms with Crippen LogP contribution in [0.25, 0.3) is 0 Å². The van der Waals surface area contributed by atoms with Gasteiger partial charge in [-0.15, -0.1) is 0 Å². The lowest BCUT2D eigenvalue weighted by molar-refractivity contribution is 0.0951. The predicted molar refractivity (Wildman–Crippen MR) is 80.9 cm³/mol. The van der Waals surface area contributed by atoms with E-state index in [4.69, 9.17) is 5.73 Å². The highest BCUT2D eigenvalue weighted by atomic mass is 79.9. The first-order valence-electron chi connectivity index (χ1n) is 5.95. The van der Waals surface area contributed by atoms with Crippen LogP contribution in [0.3, 0.4) is 0 Å². The maximum Gasteiger partial charge on any atom is 0.251 e. The fourth-order valence-electron chi connectivity index (χ4n) is 1.74. The molecule has 0 saturated heterocycles. The summed E-state index contributed by atoms with van der Waals surface area (Å²) in [4.78, 5) is 12.0. The van der Waals surface area contributed by atoms with Crippen LogP contribution in [-0.4, -0.2) is 5.91 Å². The number of hydrogen-bond donors (Lipinski definition) is 2. The molecule has 2 aromatic rings. The lowest BCUT2D eigenvalue weighted by atomic mass is 10.1. The summed E-state index contributed by atoms with van der Waals surface area (Å²) in [7, 11) is 0.